The van der Waals surface area contributed by atoms with Gasteiger partial charge in [-0.05, 0) is 6.92 Å². The van der Waals surface area contributed by atoms with Gasteiger partial charge in [-0.15, -0.1) is 0 Å². The van der Waals surface area contributed by atoms with Crippen LogP contribution in [-0.2, 0) is 13.6 Å². The highest BCUT2D eigenvalue weighted by atomic mass is 16.4. The molecule has 0 aliphatic heterocycles. The monoisotopic (exact) mass is 198 g/mol. The smallest absolute Gasteiger partial charge is 0.342 e. The predicted molar refractivity (Wildman–Crippen MR) is 48.6 cm³/mol. The van der Waals surface area contributed by atoms with Gasteiger partial charge in [0.25, 0.3) is 5.56 Å². The number of aromatic carboxylic acids is 1. The van der Waals surface area contributed by atoms with E-state index in [2.05, 4.69) is 0 Å². The summed E-state index contributed by atoms with van der Waals surface area (Å²) in [6.07, 6.45) is 1.03. The molecule has 0 spiro atoms. The number of rotatable bonds is 2. The zero-order valence-corrected chi connectivity index (χ0v) is 7.85. The van der Waals surface area contributed by atoms with Gasteiger partial charge in [-0.2, -0.15) is 0 Å². The third-order valence-electron chi connectivity index (χ3n) is 1.88. The van der Waals surface area contributed by atoms with Crippen molar-refractivity contribution in [1.82, 2.24) is 9.13 Å². The summed E-state index contributed by atoms with van der Waals surface area (Å²) in [7, 11) is 1.40. The van der Waals surface area contributed by atoms with Crippen molar-refractivity contribution in [2.45, 2.75) is 13.5 Å². The van der Waals surface area contributed by atoms with E-state index < -0.39 is 22.8 Å². The lowest BCUT2D eigenvalue weighted by atomic mass is 10.3. The van der Waals surface area contributed by atoms with Crippen molar-refractivity contribution in [3.05, 3.63) is 32.6 Å². The number of carboxylic acid groups (broad SMARTS) is 1. The standard InChI is InChI=1S/C8H10N2O4/c1-3-10-6(11)5(7(12)13)4-9(2)8(10)14/h4H,3H2,1-2H3,(H,12,13). The number of hydrogen-bond acceptors (Lipinski definition) is 3. The minimum absolute atomic E-state index is 0.159. The number of hydrogen-bond donors (Lipinski definition) is 1. The SMILES string of the molecule is CCn1c(=O)c(C(=O)O)cn(C)c1=O. The van der Waals surface area contributed by atoms with Crippen LogP contribution in [0.2, 0.25) is 0 Å². The first-order chi connectivity index (χ1) is 6.49. The summed E-state index contributed by atoms with van der Waals surface area (Å²) in [5.41, 5.74) is -1.67. The summed E-state index contributed by atoms with van der Waals surface area (Å²) in [4.78, 5) is 33.3. The lowest BCUT2D eigenvalue weighted by Gasteiger charge is -2.05. The van der Waals surface area contributed by atoms with Gasteiger partial charge in [-0.25, -0.2) is 9.59 Å². The average molecular weight is 198 g/mol. The maximum Gasteiger partial charge on any atom is 0.342 e. The van der Waals surface area contributed by atoms with Crippen molar-refractivity contribution >= 4 is 5.97 Å². The van der Waals surface area contributed by atoms with Crippen LogP contribution in [0.1, 0.15) is 17.3 Å². The van der Waals surface area contributed by atoms with Gasteiger partial charge in [-0.3, -0.25) is 9.36 Å². The zero-order chi connectivity index (χ0) is 10.9. The molecule has 0 unspecified atom stereocenters. The molecule has 0 aliphatic rings. The Bertz CT molecular complexity index is 483. The number of aromatic nitrogens is 2. The quantitative estimate of drug-likeness (QED) is 0.679. The first-order valence-electron chi connectivity index (χ1n) is 4.02. The molecule has 0 atom stereocenters. The molecule has 1 aromatic rings. The van der Waals surface area contributed by atoms with Crippen molar-refractivity contribution in [1.29, 1.82) is 0 Å². The van der Waals surface area contributed by atoms with E-state index in [-0.39, 0.29) is 6.54 Å². The number of nitrogens with zero attached hydrogens (tertiary/aromatic N) is 2. The van der Waals surface area contributed by atoms with Crippen LogP contribution in [0.4, 0.5) is 0 Å². The van der Waals surface area contributed by atoms with Gasteiger partial charge in [0.1, 0.15) is 5.56 Å². The fourth-order valence-corrected chi connectivity index (χ4v) is 1.15. The molecule has 76 valence electrons. The van der Waals surface area contributed by atoms with Crippen LogP contribution < -0.4 is 11.2 Å². The molecule has 0 bridgehead atoms. The van der Waals surface area contributed by atoms with Gasteiger partial charge in [-0.1, -0.05) is 0 Å². The molecule has 0 saturated carbocycles. The van der Waals surface area contributed by atoms with E-state index in [9.17, 15) is 14.4 Å². The van der Waals surface area contributed by atoms with Crippen LogP contribution in [0.5, 0.6) is 0 Å². The first kappa shape index (κ1) is 10.2. The summed E-state index contributed by atoms with van der Waals surface area (Å²) < 4.78 is 1.96. The van der Waals surface area contributed by atoms with Crippen LogP contribution in [0.15, 0.2) is 15.8 Å². The van der Waals surface area contributed by atoms with Crippen LogP contribution in [0.25, 0.3) is 0 Å². The van der Waals surface area contributed by atoms with Gasteiger partial charge in [0.2, 0.25) is 0 Å². The molecule has 6 nitrogen and oxygen atoms in total. The fourth-order valence-electron chi connectivity index (χ4n) is 1.15. The normalized spacial score (nSPS) is 10.1. The Hall–Kier alpha value is -1.85. The van der Waals surface area contributed by atoms with E-state index in [1.807, 2.05) is 0 Å². The Labute approximate surface area is 79.0 Å². The Kier molecular flexibility index (Phi) is 2.55. The average Bonchev–Trinajstić information content (AvgIpc) is 2.12. The molecule has 0 amide bonds. The lowest BCUT2D eigenvalue weighted by molar-refractivity contribution is 0.0693. The molecular formula is C8H10N2O4. The molecule has 1 N–H and O–H groups in total. The van der Waals surface area contributed by atoms with Crippen LogP contribution >= 0.6 is 0 Å². The molecule has 1 aromatic heterocycles. The summed E-state index contributed by atoms with van der Waals surface area (Å²) in [6, 6.07) is 0. The van der Waals surface area contributed by atoms with Gasteiger partial charge in [0.15, 0.2) is 0 Å². The van der Waals surface area contributed by atoms with Crippen molar-refractivity contribution in [2.24, 2.45) is 7.05 Å². The summed E-state index contributed by atoms with van der Waals surface area (Å²) >= 11 is 0. The van der Waals surface area contributed by atoms with Crippen LogP contribution in [-0.4, -0.2) is 20.2 Å². The van der Waals surface area contributed by atoms with Gasteiger partial charge >= 0.3 is 11.7 Å². The highest BCUT2D eigenvalue weighted by Crippen LogP contribution is 1.87. The summed E-state index contributed by atoms with van der Waals surface area (Å²) in [5.74, 6) is -1.33. The van der Waals surface area contributed by atoms with Crippen molar-refractivity contribution in [2.75, 3.05) is 0 Å². The van der Waals surface area contributed by atoms with E-state index in [0.717, 1.165) is 15.3 Å². The number of carboxylic acids is 1. The largest absolute Gasteiger partial charge is 0.477 e. The van der Waals surface area contributed by atoms with E-state index in [1.165, 1.54) is 7.05 Å². The van der Waals surface area contributed by atoms with E-state index in [4.69, 9.17) is 5.11 Å². The highest BCUT2D eigenvalue weighted by molar-refractivity contribution is 5.86. The topological polar surface area (TPSA) is 81.3 Å². The minimum Gasteiger partial charge on any atom is -0.477 e. The molecule has 0 saturated heterocycles. The van der Waals surface area contributed by atoms with Gasteiger partial charge < -0.3 is 9.67 Å². The molecule has 6 heteroatoms. The first-order valence-corrected chi connectivity index (χ1v) is 4.02. The van der Waals surface area contributed by atoms with Crippen molar-refractivity contribution in [3.63, 3.8) is 0 Å². The molecule has 0 aromatic carbocycles. The van der Waals surface area contributed by atoms with E-state index in [0.29, 0.717) is 0 Å². The molecule has 0 radical (unpaired) electrons. The maximum absolute atomic E-state index is 11.4. The van der Waals surface area contributed by atoms with Crippen molar-refractivity contribution < 1.29 is 9.90 Å². The highest BCUT2D eigenvalue weighted by Gasteiger charge is 2.13. The van der Waals surface area contributed by atoms with Crippen molar-refractivity contribution in [3.8, 4) is 0 Å². The molecule has 0 fully saturated rings. The third-order valence-corrected chi connectivity index (χ3v) is 1.88. The molecule has 0 aliphatic carbocycles. The Morgan fingerprint density at radius 2 is 2.07 bits per heavy atom. The molecule has 1 rings (SSSR count). The van der Waals surface area contributed by atoms with E-state index in [1.54, 1.807) is 6.92 Å². The molecular weight excluding hydrogens is 188 g/mol. The van der Waals surface area contributed by atoms with Gasteiger partial charge in [0, 0.05) is 19.8 Å². The molecule has 1 heterocycles. The number of carbonyl (C=O) groups is 1. The van der Waals surface area contributed by atoms with E-state index >= 15 is 0 Å². The predicted octanol–water partition coefficient (Wildman–Crippen LogP) is -0.735. The fraction of sp³-hybridized carbons (Fsp3) is 0.375. The number of aryl methyl sites for hydroxylation is 1. The minimum atomic E-state index is -1.33. The van der Waals surface area contributed by atoms with Gasteiger partial charge in [0.05, 0.1) is 0 Å². The van der Waals surface area contributed by atoms with Crippen LogP contribution in [0.3, 0.4) is 0 Å². The summed E-state index contributed by atoms with van der Waals surface area (Å²) in [6.45, 7) is 1.76. The second kappa shape index (κ2) is 3.49. The Balaban J connectivity index is 3.68. The Morgan fingerprint density at radius 1 is 1.50 bits per heavy atom. The Morgan fingerprint density at radius 3 is 2.50 bits per heavy atom. The summed E-state index contributed by atoms with van der Waals surface area (Å²) in [5, 5.41) is 8.67. The molecule has 14 heavy (non-hydrogen) atoms. The van der Waals surface area contributed by atoms with Crippen LogP contribution in [0, 0.1) is 0 Å². The maximum atomic E-state index is 11.4. The lowest BCUT2D eigenvalue weighted by Crippen LogP contribution is -2.41. The third kappa shape index (κ3) is 1.46. The second-order valence-electron chi connectivity index (χ2n) is 2.79. The zero-order valence-electron chi connectivity index (χ0n) is 7.85. The second-order valence-corrected chi connectivity index (χ2v) is 2.79.